The van der Waals surface area contributed by atoms with Crippen molar-refractivity contribution in [2.24, 2.45) is 5.41 Å². The first kappa shape index (κ1) is 27.2. The van der Waals surface area contributed by atoms with Crippen molar-refractivity contribution < 1.29 is 27.1 Å². The van der Waals surface area contributed by atoms with E-state index < -0.39 is 33.6 Å². The summed E-state index contributed by atoms with van der Waals surface area (Å²) >= 11 is 0. The standard InChI is InChI=1S/C26H34F2N2O4S/c1-16(31)30-23(12-18-9-19(27)13-20(28)10-18)24(32)15-29-22-7-8-35(33,34)25-6-5-17(11-21(22)25)14-26(2,3)4/h5-6,9-11,13,22-24,29,32H,7-8,12,14-15H2,1-4H3,(H,30,31). The van der Waals surface area contributed by atoms with E-state index >= 15 is 0 Å². The van der Waals surface area contributed by atoms with Crippen molar-refractivity contribution in [1.29, 1.82) is 0 Å². The molecule has 6 nitrogen and oxygen atoms in total. The topological polar surface area (TPSA) is 95.5 Å². The second-order valence-electron chi connectivity index (χ2n) is 10.5. The number of nitrogens with one attached hydrogen (secondary N) is 2. The SMILES string of the molecule is CC(=O)NC(Cc1cc(F)cc(F)c1)C(O)CNC1CCS(=O)(=O)c2ccc(CC(C)(C)C)cc21. The average molecular weight is 509 g/mol. The molecule has 3 N–H and O–H groups in total. The van der Waals surface area contributed by atoms with Crippen molar-refractivity contribution >= 4 is 15.7 Å². The number of carbonyl (C=O) groups excluding carboxylic acids is 1. The Morgan fingerprint density at radius 1 is 1.11 bits per heavy atom. The lowest BCUT2D eigenvalue weighted by Gasteiger charge is -2.30. The number of carbonyl (C=O) groups is 1. The highest BCUT2D eigenvalue weighted by Crippen LogP contribution is 2.34. The summed E-state index contributed by atoms with van der Waals surface area (Å²) in [5, 5.41) is 16.8. The van der Waals surface area contributed by atoms with Crippen molar-refractivity contribution in [2.45, 2.75) is 70.0 Å². The van der Waals surface area contributed by atoms with Gasteiger partial charge in [-0.15, -0.1) is 0 Å². The largest absolute Gasteiger partial charge is 0.390 e. The summed E-state index contributed by atoms with van der Waals surface area (Å²) in [5.74, 6) is -1.86. The molecular weight excluding hydrogens is 474 g/mol. The molecule has 2 aromatic rings. The predicted octanol–water partition coefficient (Wildman–Crippen LogP) is 3.47. The molecule has 0 spiro atoms. The van der Waals surface area contributed by atoms with E-state index in [9.17, 15) is 27.1 Å². The Morgan fingerprint density at radius 3 is 2.37 bits per heavy atom. The molecule has 0 aliphatic carbocycles. The first-order valence-corrected chi connectivity index (χ1v) is 13.4. The third kappa shape index (κ3) is 7.56. The molecule has 0 saturated heterocycles. The van der Waals surface area contributed by atoms with Crippen LogP contribution >= 0.6 is 0 Å². The highest BCUT2D eigenvalue weighted by Gasteiger charge is 2.32. The van der Waals surface area contributed by atoms with Gasteiger partial charge in [0.15, 0.2) is 9.84 Å². The first-order valence-electron chi connectivity index (χ1n) is 11.7. The summed E-state index contributed by atoms with van der Waals surface area (Å²) in [6, 6.07) is 7.43. The van der Waals surface area contributed by atoms with E-state index in [0.717, 1.165) is 30.2 Å². The van der Waals surface area contributed by atoms with E-state index in [1.807, 2.05) is 12.1 Å². The van der Waals surface area contributed by atoms with Gasteiger partial charge in [-0.05, 0) is 59.6 Å². The Labute approximate surface area is 206 Å². The summed E-state index contributed by atoms with van der Waals surface area (Å²) in [6.07, 6.45) is 0.0819. The lowest BCUT2D eigenvalue weighted by molar-refractivity contribution is -0.120. The van der Waals surface area contributed by atoms with Crippen LogP contribution in [0.1, 0.15) is 56.8 Å². The van der Waals surface area contributed by atoms with Crippen molar-refractivity contribution in [3.63, 3.8) is 0 Å². The predicted molar refractivity (Wildman–Crippen MR) is 131 cm³/mol. The van der Waals surface area contributed by atoms with Crippen molar-refractivity contribution in [3.05, 3.63) is 64.7 Å². The minimum atomic E-state index is -3.39. The number of benzene rings is 2. The molecule has 0 radical (unpaired) electrons. The summed E-state index contributed by atoms with van der Waals surface area (Å²) in [5.41, 5.74) is 2.04. The maximum Gasteiger partial charge on any atom is 0.217 e. The third-order valence-corrected chi connectivity index (χ3v) is 7.81. The zero-order valence-electron chi connectivity index (χ0n) is 20.6. The summed E-state index contributed by atoms with van der Waals surface area (Å²) in [6.45, 7) is 7.69. The number of aliphatic hydroxyl groups is 1. The van der Waals surface area contributed by atoms with Gasteiger partial charge < -0.3 is 15.7 Å². The normalized spacial score (nSPS) is 19.0. The summed E-state index contributed by atoms with van der Waals surface area (Å²) < 4.78 is 52.6. The molecule has 3 rings (SSSR count). The molecule has 2 aromatic carbocycles. The van der Waals surface area contributed by atoms with Gasteiger partial charge in [-0.1, -0.05) is 32.9 Å². The van der Waals surface area contributed by atoms with Crippen LogP contribution in [0.2, 0.25) is 0 Å². The maximum absolute atomic E-state index is 13.6. The summed E-state index contributed by atoms with van der Waals surface area (Å²) in [7, 11) is -3.39. The van der Waals surface area contributed by atoms with E-state index in [2.05, 4.69) is 31.4 Å². The third-order valence-electron chi connectivity index (χ3n) is 6.00. The maximum atomic E-state index is 13.6. The van der Waals surface area contributed by atoms with Gasteiger partial charge in [0, 0.05) is 25.6 Å². The number of halogens is 2. The van der Waals surface area contributed by atoms with Crippen LogP contribution in [0.25, 0.3) is 0 Å². The molecule has 9 heteroatoms. The van der Waals surface area contributed by atoms with E-state index in [1.165, 1.54) is 6.92 Å². The van der Waals surface area contributed by atoms with Crippen LogP contribution in [0.5, 0.6) is 0 Å². The zero-order valence-corrected chi connectivity index (χ0v) is 21.4. The lowest BCUT2D eigenvalue weighted by atomic mass is 9.87. The van der Waals surface area contributed by atoms with Crippen LogP contribution in [-0.4, -0.2) is 43.9 Å². The van der Waals surface area contributed by atoms with Crippen LogP contribution in [0.3, 0.4) is 0 Å². The van der Waals surface area contributed by atoms with Gasteiger partial charge >= 0.3 is 0 Å². The average Bonchev–Trinajstić information content (AvgIpc) is 2.70. The molecule has 3 atom stereocenters. The fraction of sp³-hybridized carbons (Fsp3) is 0.500. The van der Waals surface area contributed by atoms with Gasteiger partial charge in [-0.2, -0.15) is 0 Å². The Bertz CT molecular complexity index is 1160. The van der Waals surface area contributed by atoms with Gasteiger partial charge in [0.1, 0.15) is 11.6 Å². The molecule has 1 aliphatic heterocycles. The number of sulfone groups is 1. The second-order valence-corrected chi connectivity index (χ2v) is 12.6. The summed E-state index contributed by atoms with van der Waals surface area (Å²) in [4.78, 5) is 12.0. The van der Waals surface area contributed by atoms with Crippen molar-refractivity contribution in [1.82, 2.24) is 10.6 Å². The molecule has 0 bridgehead atoms. The highest BCUT2D eigenvalue weighted by molar-refractivity contribution is 7.91. The van der Waals surface area contributed by atoms with Crippen LogP contribution in [-0.2, 0) is 27.5 Å². The van der Waals surface area contributed by atoms with Gasteiger partial charge in [-0.25, -0.2) is 17.2 Å². The van der Waals surface area contributed by atoms with Gasteiger partial charge in [0.2, 0.25) is 5.91 Å². The smallest absolute Gasteiger partial charge is 0.217 e. The molecular formula is C26H34F2N2O4S. The van der Waals surface area contributed by atoms with Gasteiger partial charge in [-0.3, -0.25) is 4.79 Å². The number of rotatable bonds is 8. The monoisotopic (exact) mass is 508 g/mol. The Balaban J connectivity index is 1.78. The fourth-order valence-corrected chi connectivity index (χ4v) is 6.16. The lowest BCUT2D eigenvalue weighted by Crippen LogP contribution is -2.49. The quantitative estimate of drug-likeness (QED) is 0.508. The molecule has 1 aliphatic rings. The van der Waals surface area contributed by atoms with Gasteiger partial charge in [0.05, 0.1) is 22.8 Å². The van der Waals surface area contributed by atoms with Crippen molar-refractivity contribution in [3.8, 4) is 0 Å². The number of fused-ring (bicyclic) bond motifs is 1. The van der Waals surface area contributed by atoms with Crippen LogP contribution in [0.15, 0.2) is 41.3 Å². The number of hydrogen-bond donors (Lipinski definition) is 3. The second kappa shape index (κ2) is 10.7. The van der Waals surface area contributed by atoms with E-state index in [4.69, 9.17) is 0 Å². The van der Waals surface area contributed by atoms with Crippen LogP contribution in [0.4, 0.5) is 8.78 Å². The zero-order chi connectivity index (χ0) is 26.0. The van der Waals surface area contributed by atoms with Gasteiger partial charge in [0.25, 0.3) is 0 Å². The molecule has 3 unspecified atom stereocenters. The molecule has 35 heavy (non-hydrogen) atoms. The minimum Gasteiger partial charge on any atom is -0.390 e. The Morgan fingerprint density at radius 2 is 1.77 bits per heavy atom. The van der Waals surface area contributed by atoms with E-state index in [-0.39, 0.29) is 36.1 Å². The minimum absolute atomic E-state index is 0.00985. The van der Waals surface area contributed by atoms with E-state index in [1.54, 1.807) is 6.07 Å². The molecule has 0 aromatic heterocycles. The molecule has 0 saturated carbocycles. The first-order chi connectivity index (χ1) is 16.2. The highest BCUT2D eigenvalue weighted by atomic mass is 32.2. The Kier molecular flexibility index (Phi) is 8.34. The van der Waals surface area contributed by atoms with Crippen molar-refractivity contribution in [2.75, 3.05) is 12.3 Å². The molecule has 1 amide bonds. The molecule has 1 heterocycles. The number of aliphatic hydroxyl groups excluding tert-OH is 1. The van der Waals surface area contributed by atoms with E-state index in [0.29, 0.717) is 22.4 Å². The molecule has 192 valence electrons. The number of hydrogen-bond acceptors (Lipinski definition) is 5. The molecule has 0 fully saturated rings. The Hall–Kier alpha value is -2.36. The number of amides is 1. The fourth-order valence-electron chi connectivity index (χ4n) is 4.56. The van der Waals surface area contributed by atoms with Crippen LogP contribution < -0.4 is 10.6 Å². The van der Waals surface area contributed by atoms with Crippen LogP contribution in [0, 0.1) is 17.0 Å².